The number of carbonyl (C=O) groups excluding carboxylic acids is 1. The number of aryl methyl sites for hydroxylation is 1. The predicted octanol–water partition coefficient (Wildman–Crippen LogP) is 2.62. The van der Waals surface area contributed by atoms with E-state index >= 15 is 0 Å². The molecule has 2 atom stereocenters. The zero-order valence-corrected chi connectivity index (χ0v) is 13.1. The van der Waals surface area contributed by atoms with Gasteiger partial charge >= 0.3 is 0 Å². The Bertz CT molecular complexity index is 640. The van der Waals surface area contributed by atoms with Gasteiger partial charge in [-0.05, 0) is 50.4 Å². The first-order valence-electron chi connectivity index (χ1n) is 7.12. The number of nitrogens with one attached hydrogen (secondary N) is 3. The number of aromatic nitrogens is 2. The van der Waals surface area contributed by atoms with E-state index in [-0.39, 0.29) is 24.4 Å². The number of amides is 1. The van der Waals surface area contributed by atoms with E-state index in [4.69, 9.17) is 0 Å². The lowest BCUT2D eigenvalue weighted by atomic mass is 9.94. The van der Waals surface area contributed by atoms with Gasteiger partial charge in [-0.15, -0.1) is 12.4 Å². The molecule has 3 N–H and O–H groups in total. The Labute approximate surface area is 130 Å². The number of aromatic amines is 1. The second kappa shape index (κ2) is 6.45. The monoisotopic (exact) mass is 308 g/mol. The minimum absolute atomic E-state index is 0. The standard InChI is InChI=1S/C15H20N4O.ClH/c1-9-5-6-16-14(7-9)15(20)19-11-3-4-12-13(8-11)18-10(2)17-12;/h3-4,8-9,14,16H,5-7H2,1-2H3,(H,17,18)(H,19,20);1H. The summed E-state index contributed by atoms with van der Waals surface area (Å²) in [5.74, 6) is 1.53. The smallest absolute Gasteiger partial charge is 0.241 e. The summed E-state index contributed by atoms with van der Waals surface area (Å²) in [7, 11) is 0. The van der Waals surface area contributed by atoms with Crippen molar-refractivity contribution < 1.29 is 4.79 Å². The fourth-order valence-electron chi connectivity index (χ4n) is 2.75. The van der Waals surface area contributed by atoms with Gasteiger partial charge in [0.15, 0.2) is 0 Å². The van der Waals surface area contributed by atoms with Crippen LogP contribution in [0.1, 0.15) is 25.6 Å². The van der Waals surface area contributed by atoms with Crippen LogP contribution in [0.5, 0.6) is 0 Å². The van der Waals surface area contributed by atoms with E-state index in [1.54, 1.807) is 0 Å². The van der Waals surface area contributed by atoms with E-state index in [9.17, 15) is 4.79 Å². The van der Waals surface area contributed by atoms with Gasteiger partial charge in [-0.3, -0.25) is 4.79 Å². The molecular formula is C15H21ClN4O. The van der Waals surface area contributed by atoms with Crippen LogP contribution in [0, 0.1) is 12.8 Å². The Balaban J connectivity index is 0.00000161. The number of halogens is 1. The van der Waals surface area contributed by atoms with Crippen molar-refractivity contribution in [2.24, 2.45) is 5.92 Å². The SMILES string of the molecule is Cc1nc2ccc(NC(=O)C3CC(C)CCN3)cc2[nH]1.Cl. The number of nitrogens with zero attached hydrogens (tertiary/aromatic N) is 1. The second-order valence-corrected chi connectivity index (χ2v) is 5.68. The molecular weight excluding hydrogens is 288 g/mol. The molecule has 21 heavy (non-hydrogen) atoms. The van der Waals surface area contributed by atoms with Crippen LogP contribution in [0.3, 0.4) is 0 Å². The summed E-state index contributed by atoms with van der Waals surface area (Å²) in [6, 6.07) is 5.66. The first-order valence-corrected chi connectivity index (χ1v) is 7.12. The second-order valence-electron chi connectivity index (χ2n) is 5.68. The van der Waals surface area contributed by atoms with Crippen LogP contribution in [0.2, 0.25) is 0 Å². The van der Waals surface area contributed by atoms with Crippen molar-refractivity contribution in [1.29, 1.82) is 0 Å². The summed E-state index contributed by atoms with van der Waals surface area (Å²) in [4.78, 5) is 19.8. The van der Waals surface area contributed by atoms with Gasteiger partial charge in [0.05, 0.1) is 17.1 Å². The summed E-state index contributed by atoms with van der Waals surface area (Å²) >= 11 is 0. The fourth-order valence-corrected chi connectivity index (χ4v) is 2.75. The van der Waals surface area contributed by atoms with Gasteiger partial charge < -0.3 is 15.6 Å². The quantitative estimate of drug-likeness (QED) is 0.799. The van der Waals surface area contributed by atoms with Gasteiger partial charge in [-0.25, -0.2) is 4.98 Å². The van der Waals surface area contributed by atoms with Crippen molar-refractivity contribution in [3.05, 3.63) is 24.0 Å². The van der Waals surface area contributed by atoms with Gasteiger partial charge in [-0.1, -0.05) is 6.92 Å². The molecule has 6 heteroatoms. The lowest BCUT2D eigenvalue weighted by Crippen LogP contribution is -2.45. The van der Waals surface area contributed by atoms with Crippen LogP contribution in [-0.4, -0.2) is 28.5 Å². The number of fused-ring (bicyclic) bond motifs is 1. The highest BCUT2D eigenvalue weighted by atomic mass is 35.5. The van der Waals surface area contributed by atoms with Crippen LogP contribution >= 0.6 is 12.4 Å². The van der Waals surface area contributed by atoms with Crippen molar-refractivity contribution in [2.45, 2.75) is 32.7 Å². The highest BCUT2D eigenvalue weighted by molar-refractivity contribution is 5.96. The third-order valence-corrected chi connectivity index (χ3v) is 3.85. The number of hydrogen-bond donors (Lipinski definition) is 3. The molecule has 1 saturated heterocycles. The van der Waals surface area contributed by atoms with Crippen molar-refractivity contribution in [3.8, 4) is 0 Å². The molecule has 2 heterocycles. The minimum Gasteiger partial charge on any atom is -0.342 e. The van der Waals surface area contributed by atoms with E-state index in [2.05, 4.69) is 27.5 Å². The molecule has 1 aliphatic heterocycles. The molecule has 0 saturated carbocycles. The Kier molecular flexibility index (Phi) is 4.85. The fraction of sp³-hybridized carbons (Fsp3) is 0.467. The number of hydrogen-bond acceptors (Lipinski definition) is 3. The third kappa shape index (κ3) is 3.54. The third-order valence-electron chi connectivity index (χ3n) is 3.85. The Hall–Kier alpha value is -1.59. The maximum atomic E-state index is 12.3. The van der Waals surface area contributed by atoms with Crippen LogP contribution in [0.4, 0.5) is 5.69 Å². The van der Waals surface area contributed by atoms with Crippen LogP contribution in [-0.2, 0) is 4.79 Å². The Morgan fingerprint density at radius 1 is 1.43 bits per heavy atom. The number of H-pyrrole nitrogens is 1. The molecule has 5 nitrogen and oxygen atoms in total. The summed E-state index contributed by atoms with van der Waals surface area (Å²) in [6.45, 7) is 5.03. The van der Waals surface area contributed by atoms with E-state index in [1.807, 2.05) is 25.1 Å². The van der Waals surface area contributed by atoms with Crippen molar-refractivity contribution in [1.82, 2.24) is 15.3 Å². The van der Waals surface area contributed by atoms with Crippen LogP contribution < -0.4 is 10.6 Å². The summed E-state index contributed by atoms with van der Waals surface area (Å²) < 4.78 is 0. The number of carbonyl (C=O) groups is 1. The molecule has 0 bridgehead atoms. The number of rotatable bonds is 2. The first kappa shape index (κ1) is 15.8. The van der Waals surface area contributed by atoms with E-state index in [1.165, 1.54) is 0 Å². The number of piperidine rings is 1. The Morgan fingerprint density at radius 3 is 3.00 bits per heavy atom. The average Bonchev–Trinajstić information content (AvgIpc) is 2.78. The maximum Gasteiger partial charge on any atom is 0.241 e. The highest BCUT2D eigenvalue weighted by Gasteiger charge is 2.24. The van der Waals surface area contributed by atoms with Crippen molar-refractivity contribution in [2.75, 3.05) is 11.9 Å². The van der Waals surface area contributed by atoms with E-state index in [0.717, 1.165) is 41.9 Å². The molecule has 2 unspecified atom stereocenters. The molecule has 1 aromatic carbocycles. The number of anilines is 1. The van der Waals surface area contributed by atoms with Crippen molar-refractivity contribution >= 4 is 35.0 Å². The van der Waals surface area contributed by atoms with Crippen molar-refractivity contribution in [3.63, 3.8) is 0 Å². The van der Waals surface area contributed by atoms with Crippen LogP contribution in [0.25, 0.3) is 11.0 Å². The molecule has 0 aliphatic carbocycles. The van der Waals surface area contributed by atoms with Gasteiger partial charge in [0.25, 0.3) is 0 Å². The normalized spacial score (nSPS) is 21.8. The maximum absolute atomic E-state index is 12.3. The lowest BCUT2D eigenvalue weighted by Gasteiger charge is -2.27. The predicted molar refractivity (Wildman–Crippen MR) is 86.9 cm³/mol. The minimum atomic E-state index is -0.0852. The molecule has 0 spiro atoms. The molecule has 1 fully saturated rings. The molecule has 1 aliphatic rings. The Morgan fingerprint density at radius 2 is 2.24 bits per heavy atom. The number of imidazole rings is 1. The van der Waals surface area contributed by atoms with Gasteiger partial charge in [0, 0.05) is 5.69 Å². The van der Waals surface area contributed by atoms with Crippen LogP contribution in [0.15, 0.2) is 18.2 Å². The van der Waals surface area contributed by atoms with Gasteiger partial charge in [0.1, 0.15) is 5.82 Å². The molecule has 1 amide bonds. The largest absolute Gasteiger partial charge is 0.342 e. The first-order chi connectivity index (χ1) is 9.61. The van der Waals surface area contributed by atoms with E-state index in [0.29, 0.717) is 5.92 Å². The molecule has 1 aromatic heterocycles. The summed E-state index contributed by atoms with van der Waals surface area (Å²) in [6.07, 6.45) is 2.04. The average molecular weight is 309 g/mol. The molecule has 2 aromatic rings. The summed E-state index contributed by atoms with van der Waals surface area (Å²) in [5, 5.41) is 6.26. The summed E-state index contributed by atoms with van der Waals surface area (Å²) in [5.41, 5.74) is 2.68. The van der Waals surface area contributed by atoms with Gasteiger partial charge in [0.2, 0.25) is 5.91 Å². The molecule has 0 radical (unpaired) electrons. The topological polar surface area (TPSA) is 69.8 Å². The highest BCUT2D eigenvalue weighted by Crippen LogP contribution is 2.19. The lowest BCUT2D eigenvalue weighted by molar-refractivity contribution is -0.119. The molecule has 3 rings (SSSR count). The number of benzene rings is 1. The zero-order valence-electron chi connectivity index (χ0n) is 12.3. The zero-order chi connectivity index (χ0) is 14.1. The van der Waals surface area contributed by atoms with Gasteiger partial charge in [-0.2, -0.15) is 0 Å². The van der Waals surface area contributed by atoms with E-state index < -0.39 is 0 Å². The molecule has 114 valence electrons.